The van der Waals surface area contributed by atoms with Gasteiger partial charge >= 0.3 is 0 Å². The van der Waals surface area contributed by atoms with E-state index in [1.54, 1.807) is 0 Å². The Kier molecular flexibility index (Phi) is 5.66. The normalized spacial score (nSPS) is 12.1. The molecule has 0 fully saturated rings. The average Bonchev–Trinajstić information content (AvgIpc) is 3.39. The van der Waals surface area contributed by atoms with Gasteiger partial charge in [0.2, 0.25) is 11.8 Å². The highest BCUT2D eigenvalue weighted by Gasteiger charge is 2.27. The third-order valence-corrected chi connectivity index (χ3v) is 6.66. The van der Waals surface area contributed by atoms with Gasteiger partial charge in [0.15, 0.2) is 0 Å². The lowest BCUT2D eigenvalue weighted by Crippen LogP contribution is -2.41. The van der Waals surface area contributed by atoms with Crippen LogP contribution >= 0.6 is 22.7 Å². The molecule has 3 aromatic heterocycles. The number of fused-ring (bicyclic) bond motifs is 1. The molecule has 10 heteroatoms. The highest BCUT2D eigenvalue weighted by atomic mass is 32.1. The second kappa shape index (κ2) is 8.40. The lowest BCUT2D eigenvalue weighted by atomic mass is 10.0. The molecule has 0 spiro atoms. The molecule has 0 saturated carbocycles. The first-order valence-electron chi connectivity index (χ1n) is 9.17. The SMILES string of the molecule is CN(C(=O)Cn1cnc2scc(-c3cccs3)c2c1=O)C(C(N)=O)c1cccc(F)c1. The van der Waals surface area contributed by atoms with Crippen LogP contribution < -0.4 is 11.3 Å². The van der Waals surface area contributed by atoms with Gasteiger partial charge in [-0.3, -0.25) is 19.0 Å². The number of primary amides is 1. The van der Waals surface area contributed by atoms with Crippen molar-refractivity contribution < 1.29 is 14.0 Å². The maximum atomic E-state index is 13.6. The van der Waals surface area contributed by atoms with E-state index < -0.39 is 23.7 Å². The van der Waals surface area contributed by atoms with E-state index in [9.17, 15) is 18.8 Å². The van der Waals surface area contributed by atoms with E-state index >= 15 is 0 Å². The molecule has 0 aliphatic carbocycles. The largest absolute Gasteiger partial charge is 0.368 e. The van der Waals surface area contributed by atoms with Crippen LogP contribution in [0.15, 0.2) is 58.3 Å². The molecular formula is C21H17FN4O3S2. The van der Waals surface area contributed by atoms with E-state index in [0.29, 0.717) is 10.2 Å². The van der Waals surface area contributed by atoms with Crippen LogP contribution in [0.3, 0.4) is 0 Å². The number of halogens is 1. The first-order chi connectivity index (χ1) is 14.9. The first-order valence-corrected chi connectivity index (χ1v) is 10.9. The van der Waals surface area contributed by atoms with E-state index in [4.69, 9.17) is 5.73 Å². The summed E-state index contributed by atoms with van der Waals surface area (Å²) in [4.78, 5) is 45.0. The van der Waals surface area contributed by atoms with Gasteiger partial charge in [-0.2, -0.15) is 0 Å². The zero-order chi connectivity index (χ0) is 22.1. The molecule has 1 unspecified atom stereocenters. The van der Waals surface area contributed by atoms with Crippen molar-refractivity contribution in [3.63, 3.8) is 0 Å². The molecule has 4 aromatic rings. The molecule has 3 heterocycles. The Morgan fingerprint density at radius 3 is 2.74 bits per heavy atom. The molecule has 0 bridgehead atoms. The van der Waals surface area contributed by atoms with Gasteiger partial charge in [-0.1, -0.05) is 18.2 Å². The third-order valence-electron chi connectivity index (χ3n) is 4.87. The van der Waals surface area contributed by atoms with Crippen molar-refractivity contribution in [2.24, 2.45) is 5.73 Å². The summed E-state index contributed by atoms with van der Waals surface area (Å²) < 4.78 is 14.8. The number of rotatable bonds is 6. The highest BCUT2D eigenvalue weighted by Crippen LogP contribution is 2.33. The number of carbonyl (C=O) groups excluding carboxylic acids is 2. The minimum Gasteiger partial charge on any atom is -0.368 e. The number of benzene rings is 1. The van der Waals surface area contributed by atoms with Crippen molar-refractivity contribution in [3.8, 4) is 10.4 Å². The van der Waals surface area contributed by atoms with Crippen molar-refractivity contribution in [3.05, 3.63) is 75.2 Å². The summed E-state index contributed by atoms with van der Waals surface area (Å²) in [6.45, 7) is -0.336. The van der Waals surface area contributed by atoms with Crippen LogP contribution in [0, 0.1) is 5.82 Å². The Labute approximate surface area is 184 Å². The monoisotopic (exact) mass is 456 g/mol. The molecule has 0 saturated heterocycles. The van der Waals surface area contributed by atoms with Crippen LogP contribution in [-0.2, 0) is 16.1 Å². The standard InChI is InChI=1S/C21H17FN4O3S2/c1-25(18(19(23)28)12-4-2-5-13(22)8-12)16(27)9-26-11-24-20-17(21(26)29)14(10-31-20)15-6-3-7-30-15/h2-8,10-11,18H,9H2,1H3,(H2,23,28). The number of nitrogens with two attached hydrogens (primary N) is 1. The van der Waals surface area contributed by atoms with Crippen LogP contribution in [0.5, 0.6) is 0 Å². The predicted molar refractivity (Wildman–Crippen MR) is 118 cm³/mol. The van der Waals surface area contributed by atoms with E-state index in [1.807, 2.05) is 22.9 Å². The van der Waals surface area contributed by atoms with Gasteiger partial charge < -0.3 is 10.6 Å². The molecule has 0 aliphatic heterocycles. The maximum Gasteiger partial charge on any atom is 0.263 e. The van der Waals surface area contributed by atoms with E-state index in [2.05, 4.69) is 4.98 Å². The summed E-state index contributed by atoms with van der Waals surface area (Å²) in [6.07, 6.45) is 1.31. The van der Waals surface area contributed by atoms with Gasteiger partial charge in [-0.05, 0) is 29.1 Å². The second-order valence-electron chi connectivity index (χ2n) is 6.85. The number of hydrogen-bond acceptors (Lipinski definition) is 6. The lowest BCUT2D eigenvalue weighted by molar-refractivity contribution is -0.138. The van der Waals surface area contributed by atoms with Gasteiger partial charge in [0.25, 0.3) is 5.56 Å². The molecule has 1 aromatic carbocycles. The molecule has 7 nitrogen and oxygen atoms in total. The van der Waals surface area contributed by atoms with Gasteiger partial charge in [-0.15, -0.1) is 22.7 Å². The quantitative estimate of drug-likeness (QED) is 0.482. The van der Waals surface area contributed by atoms with Gasteiger partial charge in [0, 0.05) is 22.9 Å². The molecule has 0 radical (unpaired) electrons. The average molecular weight is 457 g/mol. The molecule has 31 heavy (non-hydrogen) atoms. The number of thiophene rings is 2. The highest BCUT2D eigenvalue weighted by molar-refractivity contribution is 7.18. The summed E-state index contributed by atoms with van der Waals surface area (Å²) in [5.74, 6) is -1.89. The van der Waals surface area contributed by atoms with Crippen LogP contribution in [0.4, 0.5) is 4.39 Å². The Hall–Kier alpha value is -3.37. The molecule has 2 N–H and O–H groups in total. The Morgan fingerprint density at radius 1 is 1.26 bits per heavy atom. The lowest BCUT2D eigenvalue weighted by Gasteiger charge is -2.26. The van der Waals surface area contributed by atoms with Gasteiger partial charge in [0.1, 0.15) is 23.2 Å². The van der Waals surface area contributed by atoms with Crippen LogP contribution in [-0.4, -0.2) is 33.3 Å². The van der Waals surface area contributed by atoms with Crippen LogP contribution in [0.25, 0.3) is 20.7 Å². The fourth-order valence-electron chi connectivity index (χ4n) is 3.35. The fraction of sp³-hybridized carbons (Fsp3) is 0.143. The molecule has 2 amide bonds. The molecule has 0 aliphatic rings. The number of hydrogen-bond donors (Lipinski definition) is 1. The van der Waals surface area contributed by atoms with Crippen molar-refractivity contribution in [1.82, 2.24) is 14.5 Å². The molecule has 158 valence electrons. The summed E-state index contributed by atoms with van der Waals surface area (Å²) in [5, 5.41) is 4.24. The smallest absolute Gasteiger partial charge is 0.263 e. The van der Waals surface area contributed by atoms with Crippen molar-refractivity contribution in [2.45, 2.75) is 12.6 Å². The van der Waals surface area contributed by atoms with Crippen LogP contribution in [0.2, 0.25) is 0 Å². The minimum atomic E-state index is -1.17. The molecular weight excluding hydrogens is 439 g/mol. The number of amides is 2. The van der Waals surface area contributed by atoms with Crippen molar-refractivity contribution in [2.75, 3.05) is 7.05 Å². The van der Waals surface area contributed by atoms with Crippen molar-refractivity contribution in [1.29, 1.82) is 0 Å². The van der Waals surface area contributed by atoms with Crippen molar-refractivity contribution >= 4 is 44.7 Å². The van der Waals surface area contributed by atoms with Gasteiger partial charge in [0.05, 0.1) is 11.7 Å². The molecule has 4 rings (SSSR count). The summed E-state index contributed by atoms with van der Waals surface area (Å²) in [6, 6.07) is 7.97. The predicted octanol–water partition coefficient (Wildman–Crippen LogP) is 3.01. The number of carbonyl (C=O) groups is 2. The third kappa shape index (κ3) is 3.99. The van der Waals surface area contributed by atoms with E-state index in [0.717, 1.165) is 21.4 Å². The summed E-state index contributed by atoms with van der Waals surface area (Å²) in [7, 11) is 1.39. The Bertz CT molecular complexity index is 1330. The number of aromatic nitrogens is 2. The second-order valence-corrected chi connectivity index (χ2v) is 8.65. The van der Waals surface area contributed by atoms with Crippen LogP contribution in [0.1, 0.15) is 11.6 Å². The number of likely N-dealkylation sites (N-methyl/N-ethyl adjacent to an activating group) is 1. The van der Waals surface area contributed by atoms with Gasteiger partial charge in [-0.25, -0.2) is 9.37 Å². The zero-order valence-electron chi connectivity index (χ0n) is 16.3. The van der Waals surface area contributed by atoms with E-state index in [-0.39, 0.29) is 17.7 Å². The fourth-order valence-corrected chi connectivity index (χ4v) is 5.07. The topological polar surface area (TPSA) is 98.3 Å². The summed E-state index contributed by atoms with van der Waals surface area (Å²) in [5.41, 5.74) is 6.16. The Morgan fingerprint density at radius 2 is 2.06 bits per heavy atom. The minimum absolute atomic E-state index is 0.252. The maximum absolute atomic E-state index is 13.6. The molecule has 1 atom stereocenters. The Balaban J connectivity index is 1.66. The summed E-state index contributed by atoms with van der Waals surface area (Å²) >= 11 is 2.87. The number of nitrogens with zero attached hydrogens (tertiary/aromatic N) is 3. The first kappa shape index (κ1) is 20.9. The zero-order valence-corrected chi connectivity index (χ0v) is 18.0. The van der Waals surface area contributed by atoms with E-state index in [1.165, 1.54) is 58.8 Å².